The summed E-state index contributed by atoms with van der Waals surface area (Å²) in [4.78, 5) is 22.9. The van der Waals surface area contributed by atoms with Crippen molar-refractivity contribution in [3.63, 3.8) is 0 Å². The zero-order valence-corrected chi connectivity index (χ0v) is 19.9. The van der Waals surface area contributed by atoms with E-state index < -0.39 is 17.7 Å². The van der Waals surface area contributed by atoms with E-state index in [-0.39, 0.29) is 18.4 Å². The van der Waals surface area contributed by atoms with Gasteiger partial charge in [-0.25, -0.2) is 4.68 Å². The normalized spacial score (nSPS) is 12.2. The number of nitrogens with one attached hydrogen (secondary N) is 2. The lowest BCUT2D eigenvalue weighted by Gasteiger charge is -2.20. The molecule has 0 saturated carbocycles. The number of nitrogens with zero attached hydrogens (tertiary/aromatic N) is 2. The Hall–Kier alpha value is -3.82. The zero-order chi connectivity index (χ0) is 26.1. The molecule has 1 unspecified atom stereocenters. The fourth-order valence-electron chi connectivity index (χ4n) is 3.70. The summed E-state index contributed by atoms with van der Waals surface area (Å²) in [5, 5.41) is 18.7. The summed E-state index contributed by atoms with van der Waals surface area (Å²) in [5.74, 6) is -1.06. The van der Waals surface area contributed by atoms with Crippen molar-refractivity contribution in [2.45, 2.75) is 51.2 Å². The van der Waals surface area contributed by atoms with Gasteiger partial charge in [0, 0.05) is 30.4 Å². The van der Waals surface area contributed by atoms with Crippen LogP contribution in [0.4, 0.5) is 18.9 Å². The SMILES string of the molecule is CCCC(Nc1ccc(-n2cc(C(F)(F)F)cn2)cc1)c1ccc(C(=O)NCCCCC(=O)O)cc1. The Morgan fingerprint density at radius 3 is 2.33 bits per heavy atom. The van der Waals surface area contributed by atoms with Gasteiger partial charge in [-0.05, 0) is 61.2 Å². The van der Waals surface area contributed by atoms with Gasteiger partial charge in [0.05, 0.1) is 23.5 Å². The van der Waals surface area contributed by atoms with E-state index in [9.17, 15) is 22.8 Å². The van der Waals surface area contributed by atoms with E-state index in [2.05, 4.69) is 22.7 Å². The summed E-state index contributed by atoms with van der Waals surface area (Å²) in [5.41, 5.74) is 2.04. The molecule has 2 aromatic carbocycles. The lowest BCUT2D eigenvalue weighted by molar-refractivity contribution is -0.138. The van der Waals surface area contributed by atoms with Crippen molar-refractivity contribution in [2.24, 2.45) is 0 Å². The van der Waals surface area contributed by atoms with Crippen molar-refractivity contribution in [1.29, 1.82) is 0 Å². The largest absolute Gasteiger partial charge is 0.481 e. The van der Waals surface area contributed by atoms with E-state index in [1.54, 1.807) is 36.4 Å². The molecule has 0 aliphatic carbocycles. The van der Waals surface area contributed by atoms with Crippen LogP contribution in [0.5, 0.6) is 0 Å². The molecule has 0 aliphatic heterocycles. The van der Waals surface area contributed by atoms with E-state index in [0.717, 1.165) is 36.5 Å². The Balaban J connectivity index is 1.60. The van der Waals surface area contributed by atoms with Crippen molar-refractivity contribution < 1.29 is 27.9 Å². The molecule has 1 amide bonds. The predicted octanol–water partition coefficient (Wildman–Crippen LogP) is 5.83. The highest BCUT2D eigenvalue weighted by Gasteiger charge is 2.32. The minimum Gasteiger partial charge on any atom is -0.481 e. The topological polar surface area (TPSA) is 96.3 Å². The molecule has 0 fully saturated rings. The van der Waals surface area contributed by atoms with Crippen molar-refractivity contribution in [1.82, 2.24) is 15.1 Å². The number of anilines is 1. The predicted molar refractivity (Wildman–Crippen MR) is 130 cm³/mol. The first-order valence-corrected chi connectivity index (χ1v) is 11.8. The molecule has 7 nitrogen and oxygen atoms in total. The molecule has 192 valence electrons. The second-order valence-corrected chi connectivity index (χ2v) is 8.43. The summed E-state index contributed by atoms with van der Waals surface area (Å²) >= 11 is 0. The van der Waals surface area contributed by atoms with Crippen LogP contribution in [0.2, 0.25) is 0 Å². The van der Waals surface area contributed by atoms with E-state index in [0.29, 0.717) is 30.6 Å². The van der Waals surface area contributed by atoms with Gasteiger partial charge < -0.3 is 15.7 Å². The van der Waals surface area contributed by atoms with Gasteiger partial charge >= 0.3 is 12.1 Å². The number of carbonyl (C=O) groups excluding carboxylic acids is 1. The Labute approximate surface area is 207 Å². The van der Waals surface area contributed by atoms with Crippen LogP contribution in [0.15, 0.2) is 60.9 Å². The number of carbonyl (C=O) groups is 2. The highest BCUT2D eigenvalue weighted by atomic mass is 19.4. The number of aromatic nitrogens is 2. The number of aliphatic carboxylic acids is 1. The first-order valence-electron chi connectivity index (χ1n) is 11.8. The molecule has 0 spiro atoms. The highest BCUT2D eigenvalue weighted by Crippen LogP contribution is 2.30. The summed E-state index contributed by atoms with van der Waals surface area (Å²) < 4.78 is 39.7. The quantitative estimate of drug-likeness (QED) is 0.271. The molecule has 0 saturated heterocycles. The smallest absolute Gasteiger partial charge is 0.419 e. The van der Waals surface area contributed by atoms with E-state index in [4.69, 9.17) is 5.11 Å². The van der Waals surface area contributed by atoms with Gasteiger partial charge in [-0.3, -0.25) is 9.59 Å². The molecule has 1 atom stereocenters. The fraction of sp³-hybridized carbons (Fsp3) is 0.346. The number of rotatable bonds is 12. The van der Waals surface area contributed by atoms with E-state index >= 15 is 0 Å². The average Bonchev–Trinajstić information content (AvgIpc) is 3.35. The number of benzene rings is 2. The molecular formula is C26H29F3N4O3. The van der Waals surface area contributed by atoms with Crippen LogP contribution in [0, 0.1) is 0 Å². The lowest BCUT2D eigenvalue weighted by atomic mass is 10.00. The van der Waals surface area contributed by atoms with Gasteiger partial charge in [0.15, 0.2) is 0 Å². The summed E-state index contributed by atoms with van der Waals surface area (Å²) in [7, 11) is 0. The van der Waals surface area contributed by atoms with Crippen LogP contribution in [0.1, 0.15) is 66.6 Å². The lowest BCUT2D eigenvalue weighted by Crippen LogP contribution is -2.24. The summed E-state index contributed by atoms with van der Waals surface area (Å²) in [6.45, 7) is 2.49. The molecule has 3 rings (SSSR count). The second kappa shape index (κ2) is 12.2. The first-order chi connectivity index (χ1) is 17.2. The molecular weight excluding hydrogens is 473 g/mol. The van der Waals surface area contributed by atoms with Gasteiger partial charge in [0.2, 0.25) is 0 Å². The third kappa shape index (κ3) is 7.59. The zero-order valence-electron chi connectivity index (χ0n) is 19.9. The molecule has 10 heteroatoms. The van der Waals surface area contributed by atoms with Crippen LogP contribution in [-0.4, -0.2) is 33.3 Å². The molecule has 0 aliphatic rings. The Morgan fingerprint density at radius 1 is 1.06 bits per heavy atom. The maximum absolute atomic E-state index is 12.8. The third-order valence-corrected chi connectivity index (χ3v) is 5.64. The minimum atomic E-state index is -4.44. The number of halogens is 3. The van der Waals surface area contributed by atoms with Gasteiger partial charge in [0.25, 0.3) is 5.91 Å². The van der Waals surface area contributed by atoms with Gasteiger partial charge in [-0.1, -0.05) is 25.5 Å². The molecule has 1 heterocycles. The Morgan fingerprint density at radius 2 is 1.75 bits per heavy atom. The monoisotopic (exact) mass is 502 g/mol. The van der Waals surface area contributed by atoms with Crippen LogP contribution < -0.4 is 10.6 Å². The van der Waals surface area contributed by atoms with Crippen LogP contribution in [0.25, 0.3) is 5.69 Å². The van der Waals surface area contributed by atoms with Crippen LogP contribution >= 0.6 is 0 Å². The number of alkyl halides is 3. The van der Waals surface area contributed by atoms with Crippen molar-refractivity contribution in [3.8, 4) is 5.69 Å². The summed E-state index contributed by atoms with van der Waals surface area (Å²) in [6, 6.07) is 14.3. The standard InChI is InChI=1S/C26H29F3N4O3/c1-2-5-23(18-7-9-19(10-8-18)25(36)30-15-4-3-6-24(34)35)32-21-11-13-22(14-12-21)33-17-20(16-31-33)26(27,28)29/h7-14,16-17,23,32H,2-6,15H2,1H3,(H,30,36)(H,34,35). The molecule has 0 radical (unpaired) electrons. The minimum absolute atomic E-state index is 0.0180. The van der Waals surface area contributed by atoms with E-state index in [1.165, 1.54) is 4.68 Å². The Bertz CT molecular complexity index is 1140. The number of carboxylic acid groups (broad SMARTS) is 1. The number of hydrogen-bond acceptors (Lipinski definition) is 4. The summed E-state index contributed by atoms with van der Waals surface area (Å²) in [6.07, 6.45) is 0.264. The fourth-order valence-corrected chi connectivity index (χ4v) is 3.70. The highest BCUT2D eigenvalue weighted by molar-refractivity contribution is 5.94. The molecule has 3 aromatic rings. The van der Waals surface area contributed by atoms with Gasteiger partial charge in [-0.15, -0.1) is 0 Å². The van der Waals surface area contributed by atoms with E-state index in [1.807, 2.05) is 12.1 Å². The van der Waals surface area contributed by atoms with Gasteiger partial charge in [-0.2, -0.15) is 18.3 Å². The van der Waals surface area contributed by atoms with Crippen LogP contribution in [0.3, 0.4) is 0 Å². The number of hydrogen-bond donors (Lipinski definition) is 3. The number of carboxylic acids is 1. The average molecular weight is 503 g/mol. The van der Waals surface area contributed by atoms with Crippen molar-refractivity contribution >= 4 is 17.6 Å². The molecule has 36 heavy (non-hydrogen) atoms. The number of amides is 1. The van der Waals surface area contributed by atoms with Gasteiger partial charge in [0.1, 0.15) is 0 Å². The number of unbranched alkanes of at least 4 members (excludes halogenated alkanes) is 1. The second-order valence-electron chi connectivity index (χ2n) is 8.43. The molecule has 3 N–H and O–H groups in total. The molecule has 1 aromatic heterocycles. The van der Waals surface area contributed by atoms with Crippen molar-refractivity contribution in [3.05, 3.63) is 77.6 Å². The first kappa shape index (κ1) is 26.8. The van der Waals surface area contributed by atoms with Crippen LogP contribution in [-0.2, 0) is 11.0 Å². The maximum atomic E-state index is 12.8. The maximum Gasteiger partial charge on any atom is 0.419 e. The Kier molecular flexibility index (Phi) is 9.10. The van der Waals surface area contributed by atoms with Crippen molar-refractivity contribution in [2.75, 3.05) is 11.9 Å². The molecule has 0 bridgehead atoms. The third-order valence-electron chi connectivity index (χ3n) is 5.64.